The molecule has 324 valence electrons. The van der Waals surface area contributed by atoms with Crippen LogP contribution in [0.3, 0.4) is 0 Å². The molecule has 54 heavy (non-hydrogen) atoms. The van der Waals surface area contributed by atoms with Crippen molar-refractivity contribution < 1.29 is 25.2 Å². The third kappa shape index (κ3) is 36.9. The molecule has 5 N–H and O–H groups in total. The molecule has 0 aromatic heterocycles. The molecule has 0 rings (SSSR count). The Morgan fingerprint density at radius 2 is 0.630 bits per heavy atom. The minimum Gasteiger partial charge on any atom is -0.394 e. The molecule has 0 radical (unpaired) electrons. The second kappa shape index (κ2) is 43.4. The number of aliphatic hydroxyl groups excluding tert-OH is 4. The van der Waals surface area contributed by atoms with E-state index in [1.165, 1.54) is 205 Å². The molecule has 0 aromatic rings. The molecule has 1 amide bonds. The van der Waals surface area contributed by atoms with Gasteiger partial charge >= 0.3 is 0 Å². The number of hydrogen-bond donors (Lipinski definition) is 5. The van der Waals surface area contributed by atoms with E-state index >= 15 is 0 Å². The van der Waals surface area contributed by atoms with Crippen LogP contribution in [0.4, 0.5) is 0 Å². The lowest BCUT2D eigenvalue weighted by atomic mass is 9.99. The first kappa shape index (κ1) is 53.3. The average Bonchev–Trinajstić information content (AvgIpc) is 3.18. The molecule has 0 spiro atoms. The monoisotopic (exact) mass is 768 g/mol. The second-order valence-electron chi connectivity index (χ2n) is 17.2. The number of carbonyl (C=O) groups excluding carboxylic acids is 1. The highest BCUT2D eigenvalue weighted by Gasteiger charge is 2.28. The average molecular weight is 768 g/mol. The van der Waals surface area contributed by atoms with Crippen LogP contribution < -0.4 is 5.32 Å². The Labute approximate surface area is 337 Å². The summed E-state index contributed by atoms with van der Waals surface area (Å²) in [6.45, 7) is 4.07. The Kier molecular flexibility index (Phi) is 42.9. The quantitative estimate of drug-likeness (QED) is 0.0396. The fourth-order valence-electron chi connectivity index (χ4n) is 7.94. The second-order valence-corrected chi connectivity index (χ2v) is 17.2. The van der Waals surface area contributed by atoms with Crippen LogP contribution in [0, 0.1) is 0 Å². The van der Waals surface area contributed by atoms with Gasteiger partial charge < -0.3 is 25.7 Å². The first-order chi connectivity index (χ1) is 26.5. The fraction of sp³-hybridized carbons (Fsp3) is 0.979. The summed E-state index contributed by atoms with van der Waals surface area (Å²) in [6.07, 6.45) is 47.2. The van der Waals surface area contributed by atoms with Gasteiger partial charge in [-0.15, -0.1) is 0 Å². The van der Waals surface area contributed by atoms with Crippen LogP contribution in [0.15, 0.2) is 0 Å². The van der Waals surface area contributed by atoms with E-state index in [1.807, 2.05) is 0 Å². The molecule has 0 heterocycles. The van der Waals surface area contributed by atoms with Crippen molar-refractivity contribution in [1.82, 2.24) is 5.32 Å². The van der Waals surface area contributed by atoms with Gasteiger partial charge in [0.25, 0.3) is 0 Å². The molecule has 0 aromatic carbocycles. The van der Waals surface area contributed by atoms with E-state index < -0.39 is 36.9 Å². The van der Waals surface area contributed by atoms with Gasteiger partial charge in [0.05, 0.1) is 18.8 Å². The van der Waals surface area contributed by atoms with Crippen LogP contribution >= 0.6 is 0 Å². The van der Waals surface area contributed by atoms with Crippen molar-refractivity contribution in [3.05, 3.63) is 0 Å². The van der Waals surface area contributed by atoms with Crippen molar-refractivity contribution in [3.8, 4) is 0 Å². The Morgan fingerprint density at radius 1 is 0.389 bits per heavy atom. The van der Waals surface area contributed by atoms with Gasteiger partial charge in [-0.05, 0) is 12.8 Å². The summed E-state index contributed by atoms with van der Waals surface area (Å²) in [5, 5.41) is 43.7. The summed E-state index contributed by atoms with van der Waals surface area (Å²) in [7, 11) is 0. The highest BCUT2D eigenvalue weighted by atomic mass is 16.3. The first-order valence-corrected chi connectivity index (χ1v) is 24.4. The zero-order chi connectivity index (χ0) is 39.6. The normalized spacial score (nSPS) is 14.0. The van der Waals surface area contributed by atoms with E-state index in [2.05, 4.69) is 19.2 Å². The summed E-state index contributed by atoms with van der Waals surface area (Å²) in [6, 6.07) is -0.979. The third-order valence-electron chi connectivity index (χ3n) is 11.8. The SMILES string of the molecule is CCCCCCCCCCCCCCCCCCCCCCCCCCCC(O)C(=O)NC(CO)C(O)C(O)CCCCCCCCCCCCCCC. The van der Waals surface area contributed by atoms with Gasteiger partial charge in [0, 0.05) is 0 Å². The van der Waals surface area contributed by atoms with Crippen molar-refractivity contribution in [2.75, 3.05) is 6.61 Å². The van der Waals surface area contributed by atoms with E-state index in [-0.39, 0.29) is 0 Å². The van der Waals surface area contributed by atoms with Crippen LogP contribution in [-0.4, -0.2) is 57.3 Å². The van der Waals surface area contributed by atoms with Crippen molar-refractivity contribution in [3.63, 3.8) is 0 Å². The minimum absolute atomic E-state index is 0.376. The zero-order valence-corrected chi connectivity index (χ0v) is 36.5. The molecule has 0 aliphatic rings. The van der Waals surface area contributed by atoms with Gasteiger partial charge in [-0.3, -0.25) is 4.79 Å². The van der Waals surface area contributed by atoms with Crippen LogP contribution in [0.25, 0.3) is 0 Å². The van der Waals surface area contributed by atoms with Crippen molar-refractivity contribution in [1.29, 1.82) is 0 Å². The predicted molar refractivity (Wildman–Crippen MR) is 233 cm³/mol. The van der Waals surface area contributed by atoms with E-state index in [0.717, 1.165) is 38.5 Å². The number of amides is 1. The molecule has 4 unspecified atom stereocenters. The molecule has 0 aliphatic heterocycles. The van der Waals surface area contributed by atoms with Crippen LogP contribution in [0.2, 0.25) is 0 Å². The smallest absolute Gasteiger partial charge is 0.249 e. The fourth-order valence-corrected chi connectivity index (χ4v) is 7.94. The van der Waals surface area contributed by atoms with Crippen molar-refractivity contribution >= 4 is 5.91 Å². The van der Waals surface area contributed by atoms with Gasteiger partial charge in [0.1, 0.15) is 12.2 Å². The molecule has 4 atom stereocenters. The third-order valence-corrected chi connectivity index (χ3v) is 11.8. The number of aliphatic hydroxyl groups is 4. The summed E-state index contributed by atoms with van der Waals surface area (Å²) >= 11 is 0. The lowest BCUT2D eigenvalue weighted by Gasteiger charge is -2.27. The predicted octanol–water partition coefficient (Wildman–Crippen LogP) is 13.2. The standard InChI is InChI=1S/C48H97NO5/c1-3-5-7-9-11-13-15-17-18-19-20-21-22-23-24-25-26-27-28-30-32-34-36-38-40-42-46(52)48(54)49-44(43-50)47(53)45(51)41-39-37-35-33-31-29-16-14-12-10-8-6-4-2/h44-47,50-53H,3-43H2,1-2H3,(H,49,54). The summed E-state index contributed by atoms with van der Waals surface area (Å²) in [4.78, 5) is 12.5. The lowest BCUT2D eigenvalue weighted by molar-refractivity contribution is -0.132. The van der Waals surface area contributed by atoms with E-state index in [1.54, 1.807) is 0 Å². The van der Waals surface area contributed by atoms with Crippen molar-refractivity contribution in [2.45, 2.75) is 295 Å². The van der Waals surface area contributed by atoms with Crippen molar-refractivity contribution in [2.24, 2.45) is 0 Å². The van der Waals surface area contributed by atoms with Gasteiger partial charge in [-0.2, -0.15) is 0 Å². The Morgan fingerprint density at radius 3 is 0.889 bits per heavy atom. The molecular weight excluding hydrogens is 671 g/mol. The number of nitrogens with one attached hydrogen (secondary N) is 1. The maximum atomic E-state index is 12.5. The largest absolute Gasteiger partial charge is 0.394 e. The van der Waals surface area contributed by atoms with Crippen LogP contribution in [-0.2, 0) is 4.79 Å². The molecule has 0 fully saturated rings. The summed E-state index contributed by atoms with van der Waals surface area (Å²) in [5.74, 6) is -0.578. The number of unbranched alkanes of at least 4 members (excludes halogenated alkanes) is 36. The Hall–Kier alpha value is -0.690. The highest BCUT2D eigenvalue weighted by Crippen LogP contribution is 2.18. The van der Waals surface area contributed by atoms with E-state index in [0.29, 0.717) is 12.8 Å². The van der Waals surface area contributed by atoms with E-state index in [4.69, 9.17) is 0 Å². The molecule has 0 saturated heterocycles. The molecule has 0 saturated carbocycles. The van der Waals surface area contributed by atoms with Gasteiger partial charge in [-0.1, -0.05) is 258 Å². The number of carbonyl (C=O) groups is 1. The van der Waals surface area contributed by atoms with Gasteiger partial charge in [-0.25, -0.2) is 0 Å². The summed E-state index contributed by atoms with van der Waals surface area (Å²) in [5.41, 5.74) is 0. The Bertz CT molecular complexity index is 736. The number of hydrogen-bond acceptors (Lipinski definition) is 5. The molecule has 6 nitrogen and oxygen atoms in total. The number of rotatable bonds is 45. The summed E-state index contributed by atoms with van der Waals surface area (Å²) < 4.78 is 0. The maximum Gasteiger partial charge on any atom is 0.249 e. The highest BCUT2D eigenvalue weighted by molar-refractivity contribution is 5.80. The van der Waals surface area contributed by atoms with Crippen LogP contribution in [0.1, 0.15) is 271 Å². The minimum atomic E-state index is -1.25. The topological polar surface area (TPSA) is 110 Å². The molecule has 6 heteroatoms. The van der Waals surface area contributed by atoms with Gasteiger partial charge in [0.2, 0.25) is 5.91 Å². The molecule has 0 aliphatic carbocycles. The van der Waals surface area contributed by atoms with Gasteiger partial charge in [0.15, 0.2) is 0 Å². The first-order valence-electron chi connectivity index (χ1n) is 24.4. The molecule has 0 bridgehead atoms. The molecular formula is C48H97NO5. The van der Waals surface area contributed by atoms with Crippen LogP contribution in [0.5, 0.6) is 0 Å². The van der Waals surface area contributed by atoms with E-state index in [9.17, 15) is 25.2 Å². The maximum absolute atomic E-state index is 12.5. The zero-order valence-electron chi connectivity index (χ0n) is 36.5. The Balaban J connectivity index is 3.60. The lowest BCUT2D eigenvalue weighted by Crippen LogP contribution is -2.53.